The van der Waals surface area contributed by atoms with Gasteiger partial charge in [0, 0.05) is 54.3 Å². The number of anilines is 2. The highest BCUT2D eigenvalue weighted by molar-refractivity contribution is 5.98. The number of nitrogens with zero attached hydrogens (tertiary/aromatic N) is 3. The van der Waals surface area contributed by atoms with Gasteiger partial charge in [-0.1, -0.05) is 0 Å². The molecule has 1 aromatic carbocycles. The van der Waals surface area contributed by atoms with Crippen LogP contribution in [0.2, 0.25) is 0 Å². The monoisotopic (exact) mass is 488 g/mol. The number of carbonyl (C=O) groups is 1. The van der Waals surface area contributed by atoms with Crippen LogP contribution in [0, 0.1) is 6.92 Å². The summed E-state index contributed by atoms with van der Waals surface area (Å²) in [7, 11) is 1.61. The fourth-order valence-corrected chi connectivity index (χ4v) is 4.12. The second-order valence-electron chi connectivity index (χ2n) is 8.43. The van der Waals surface area contributed by atoms with Crippen molar-refractivity contribution in [2.45, 2.75) is 26.4 Å². The summed E-state index contributed by atoms with van der Waals surface area (Å²) in [5.74, 6) is 1.27. The van der Waals surface area contributed by atoms with E-state index in [2.05, 4.69) is 20.6 Å². The Labute approximate surface area is 208 Å². The molecule has 3 aromatic heterocycles. The third kappa shape index (κ3) is 4.80. The van der Waals surface area contributed by atoms with E-state index in [1.54, 1.807) is 19.3 Å². The molecule has 0 aliphatic carbocycles. The van der Waals surface area contributed by atoms with Crippen LogP contribution in [0.3, 0.4) is 0 Å². The van der Waals surface area contributed by atoms with E-state index in [-0.39, 0.29) is 12.0 Å². The Morgan fingerprint density at radius 2 is 2.14 bits per heavy atom. The number of benzene rings is 1. The van der Waals surface area contributed by atoms with Crippen molar-refractivity contribution in [1.29, 1.82) is 0 Å². The maximum atomic E-state index is 12.0. The van der Waals surface area contributed by atoms with E-state index >= 15 is 0 Å². The van der Waals surface area contributed by atoms with Crippen LogP contribution in [-0.4, -0.2) is 58.8 Å². The SMILES string of the molecule is CCOc1ccc(-c2c[nH]c3nc(Nc4ccc(C(=O)NC)cc4C)nc(O[C@H]4CCOC4)c23)cn1. The average molecular weight is 489 g/mol. The molecule has 36 heavy (non-hydrogen) atoms. The minimum Gasteiger partial charge on any atom is -0.478 e. The molecule has 10 nitrogen and oxygen atoms in total. The molecule has 0 bridgehead atoms. The Hall–Kier alpha value is -4.18. The lowest BCUT2D eigenvalue weighted by Gasteiger charge is -2.15. The number of amides is 1. The minimum atomic E-state index is -0.139. The lowest BCUT2D eigenvalue weighted by molar-refractivity contribution is 0.0963. The highest BCUT2D eigenvalue weighted by atomic mass is 16.5. The number of hydrogen-bond acceptors (Lipinski definition) is 8. The highest BCUT2D eigenvalue weighted by Gasteiger charge is 2.23. The van der Waals surface area contributed by atoms with Crippen LogP contribution in [0.1, 0.15) is 29.3 Å². The van der Waals surface area contributed by atoms with Crippen molar-refractivity contribution in [3.05, 3.63) is 53.9 Å². The Kier molecular flexibility index (Phi) is 6.68. The summed E-state index contributed by atoms with van der Waals surface area (Å²) in [6.45, 7) is 5.57. The first-order chi connectivity index (χ1) is 17.6. The van der Waals surface area contributed by atoms with E-state index in [9.17, 15) is 4.79 Å². The van der Waals surface area contributed by atoms with Crippen molar-refractivity contribution in [1.82, 2.24) is 25.3 Å². The molecule has 3 N–H and O–H groups in total. The topological polar surface area (TPSA) is 123 Å². The third-order valence-electron chi connectivity index (χ3n) is 5.97. The zero-order valence-electron chi connectivity index (χ0n) is 20.4. The van der Waals surface area contributed by atoms with Crippen LogP contribution in [0.4, 0.5) is 11.6 Å². The van der Waals surface area contributed by atoms with Crippen LogP contribution in [-0.2, 0) is 4.74 Å². The molecule has 4 heterocycles. The van der Waals surface area contributed by atoms with E-state index in [1.807, 2.05) is 44.3 Å². The molecule has 1 aliphatic heterocycles. The molecule has 1 aliphatic rings. The second kappa shape index (κ2) is 10.2. The smallest absolute Gasteiger partial charge is 0.251 e. The van der Waals surface area contributed by atoms with Gasteiger partial charge >= 0.3 is 0 Å². The van der Waals surface area contributed by atoms with Gasteiger partial charge in [0.25, 0.3) is 5.91 Å². The van der Waals surface area contributed by atoms with E-state index in [0.717, 1.165) is 34.2 Å². The predicted octanol–water partition coefficient (Wildman–Crippen LogP) is 4.00. The molecule has 1 amide bonds. The standard InChI is InChI=1S/C26H28N6O4/c1-4-35-21-8-6-17(12-28-21)19-13-29-23-22(19)25(36-18-9-10-34-14-18)32-26(31-23)30-20-7-5-16(11-15(20)2)24(33)27-3/h5-8,11-13,18H,4,9-10,14H2,1-3H3,(H,27,33)(H2,29,30,31,32)/t18-/m0/s1. The molecule has 0 radical (unpaired) electrons. The normalized spacial score (nSPS) is 15.1. The number of ether oxygens (including phenoxy) is 3. The van der Waals surface area contributed by atoms with E-state index in [1.165, 1.54) is 0 Å². The van der Waals surface area contributed by atoms with Gasteiger partial charge < -0.3 is 29.8 Å². The number of hydrogen-bond donors (Lipinski definition) is 3. The summed E-state index contributed by atoms with van der Waals surface area (Å²) in [4.78, 5) is 29.0. The molecule has 1 atom stereocenters. The molecule has 1 fully saturated rings. The summed E-state index contributed by atoms with van der Waals surface area (Å²) in [6, 6.07) is 9.20. The Morgan fingerprint density at radius 1 is 1.25 bits per heavy atom. The molecule has 5 rings (SSSR count). The number of aromatic nitrogens is 4. The second-order valence-corrected chi connectivity index (χ2v) is 8.43. The molecule has 0 spiro atoms. The molecule has 0 saturated carbocycles. The third-order valence-corrected chi connectivity index (χ3v) is 5.97. The molecule has 186 valence electrons. The first-order valence-electron chi connectivity index (χ1n) is 11.9. The summed E-state index contributed by atoms with van der Waals surface area (Å²) in [5.41, 5.74) is 4.66. The van der Waals surface area contributed by atoms with Crippen LogP contribution >= 0.6 is 0 Å². The summed E-state index contributed by atoms with van der Waals surface area (Å²) in [5, 5.41) is 6.68. The maximum absolute atomic E-state index is 12.0. The van der Waals surface area contributed by atoms with Gasteiger partial charge in [0.2, 0.25) is 17.7 Å². The summed E-state index contributed by atoms with van der Waals surface area (Å²) >= 11 is 0. The number of rotatable bonds is 8. The van der Waals surface area contributed by atoms with Crippen molar-refractivity contribution in [3.63, 3.8) is 0 Å². The summed E-state index contributed by atoms with van der Waals surface area (Å²) < 4.78 is 17.3. The molecule has 4 aromatic rings. The van der Waals surface area contributed by atoms with Gasteiger partial charge in [-0.15, -0.1) is 0 Å². The van der Waals surface area contributed by atoms with Gasteiger partial charge in [-0.2, -0.15) is 9.97 Å². The lowest BCUT2D eigenvalue weighted by Crippen LogP contribution is -2.18. The van der Waals surface area contributed by atoms with Gasteiger partial charge in [0.15, 0.2) is 0 Å². The number of H-pyrrole nitrogens is 1. The van der Waals surface area contributed by atoms with Crippen LogP contribution in [0.15, 0.2) is 42.7 Å². The fourth-order valence-electron chi connectivity index (χ4n) is 4.12. The van der Waals surface area contributed by atoms with Gasteiger partial charge in [-0.05, 0) is 43.7 Å². The first kappa shape index (κ1) is 23.6. The average Bonchev–Trinajstić information content (AvgIpc) is 3.56. The molecule has 1 saturated heterocycles. The lowest BCUT2D eigenvalue weighted by atomic mass is 10.1. The van der Waals surface area contributed by atoms with Gasteiger partial charge in [0.1, 0.15) is 11.8 Å². The molecular formula is C26H28N6O4. The van der Waals surface area contributed by atoms with Crippen molar-refractivity contribution >= 4 is 28.6 Å². The molecule has 0 unspecified atom stereocenters. The first-order valence-corrected chi connectivity index (χ1v) is 11.9. The number of fused-ring (bicyclic) bond motifs is 1. The van der Waals surface area contributed by atoms with E-state index in [0.29, 0.717) is 48.7 Å². The van der Waals surface area contributed by atoms with Crippen LogP contribution < -0.4 is 20.1 Å². The quantitative estimate of drug-likeness (QED) is 0.340. The van der Waals surface area contributed by atoms with Crippen LogP contribution in [0.5, 0.6) is 11.8 Å². The zero-order valence-corrected chi connectivity index (χ0v) is 20.4. The molecule has 10 heteroatoms. The zero-order chi connectivity index (χ0) is 25.1. The van der Waals surface area contributed by atoms with Gasteiger partial charge in [0.05, 0.1) is 25.2 Å². The largest absolute Gasteiger partial charge is 0.478 e. The number of nitrogens with one attached hydrogen (secondary N) is 3. The number of carbonyl (C=O) groups excluding carboxylic acids is 1. The number of pyridine rings is 1. The van der Waals surface area contributed by atoms with Crippen molar-refractivity contribution < 1.29 is 19.0 Å². The Morgan fingerprint density at radius 3 is 2.83 bits per heavy atom. The van der Waals surface area contributed by atoms with E-state index < -0.39 is 0 Å². The van der Waals surface area contributed by atoms with Gasteiger partial charge in [-0.3, -0.25) is 4.79 Å². The maximum Gasteiger partial charge on any atom is 0.251 e. The number of aryl methyl sites for hydroxylation is 1. The predicted molar refractivity (Wildman–Crippen MR) is 136 cm³/mol. The van der Waals surface area contributed by atoms with Crippen LogP contribution in [0.25, 0.3) is 22.2 Å². The van der Waals surface area contributed by atoms with Crippen molar-refractivity contribution in [2.24, 2.45) is 0 Å². The summed E-state index contributed by atoms with van der Waals surface area (Å²) in [6.07, 6.45) is 4.34. The fraction of sp³-hybridized carbons (Fsp3) is 0.308. The minimum absolute atomic E-state index is 0.0919. The van der Waals surface area contributed by atoms with Gasteiger partial charge in [-0.25, -0.2) is 4.98 Å². The Bertz CT molecular complexity index is 1380. The van der Waals surface area contributed by atoms with Crippen molar-refractivity contribution in [2.75, 3.05) is 32.2 Å². The molecular weight excluding hydrogens is 460 g/mol. The Balaban J connectivity index is 1.52. The number of aromatic amines is 1. The van der Waals surface area contributed by atoms with E-state index in [4.69, 9.17) is 24.2 Å². The van der Waals surface area contributed by atoms with Crippen molar-refractivity contribution in [3.8, 4) is 22.9 Å². The highest BCUT2D eigenvalue weighted by Crippen LogP contribution is 2.36.